The zero-order valence-electron chi connectivity index (χ0n) is 36.2. The molecular weight excluding hydrogens is 851 g/mol. The van der Waals surface area contributed by atoms with Crippen LogP contribution in [-0.2, 0) is 21.7 Å². The van der Waals surface area contributed by atoms with Gasteiger partial charge in [-0.15, -0.1) is 0 Å². The van der Waals surface area contributed by atoms with Crippen LogP contribution in [0.2, 0.25) is 0 Å². The topological polar surface area (TPSA) is 215 Å². The summed E-state index contributed by atoms with van der Waals surface area (Å²) in [7, 11) is 1.22. The Morgan fingerprint density at radius 1 is 0.909 bits per heavy atom. The summed E-state index contributed by atoms with van der Waals surface area (Å²) >= 11 is 0. The average Bonchev–Trinajstić information content (AvgIpc) is 3.84. The van der Waals surface area contributed by atoms with Gasteiger partial charge in [0.15, 0.2) is 28.8 Å². The van der Waals surface area contributed by atoms with Crippen LogP contribution in [0.15, 0.2) is 79.6 Å². The third-order valence-electron chi connectivity index (χ3n) is 12.4. The largest absolute Gasteiger partial charge is 0.491 e. The molecular formula is C47H48F2N12O5. The summed E-state index contributed by atoms with van der Waals surface area (Å²) in [6, 6.07) is 14.0. The van der Waals surface area contributed by atoms with E-state index in [1.54, 1.807) is 36.9 Å². The molecule has 2 fully saturated rings. The SMILES string of the molecule is COc1c(F)cc(-c2cc(Cn3cnc4c(NCCCCCCNc5cccc6c5C(=O)N(C5CCC(=O)NC5=O)C6=O)ncnc43)c(N3CCC[C@@](N)(c4ccccn4)C3)cn2)cc1F. The molecule has 19 heteroatoms. The minimum atomic E-state index is -1.02. The lowest BCUT2D eigenvalue weighted by atomic mass is 9.86. The van der Waals surface area contributed by atoms with E-state index < -0.39 is 52.6 Å². The summed E-state index contributed by atoms with van der Waals surface area (Å²) in [5, 5.41) is 8.93. The second-order valence-electron chi connectivity index (χ2n) is 16.8. The maximum atomic E-state index is 14.9. The first-order valence-corrected chi connectivity index (χ1v) is 22.0. The Kier molecular flexibility index (Phi) is 12.3. The molecule has 5 N–H and O–H groups in total. The number of amides is 4. The van der Waals surface area contributed by atoms with Crippen LogP contribution in [0, 0.1) is 11.6 Å². The van der Waals surface area contributed by atoms with Crippen LogP contribution < -0.4 is 31.3 Å². The van der Waals surface area contributed by atoms with Gasteiger partial charge in [0.1, 0.15) is 17.9 Å². The number of nitrogens with zero attached hydrogens (tertiary/aromatic N) is 8. The molecule has 66 heavy (non-hydrogen) atoms. The Morgan fingerprint density at radius 3 is 2.47 bits per heavy atom. The first-order chi connectivity index (χ1) is 32.0. The third kappa shape index (κ3) is 8.60. The molecule has 3 aliphatic heterocycles. The number of pyridine rings is 2. The molecule has 2 saturated heterocycles. The van der Waals surface area contributed by atoms with Crippen molar-refractivity contribution >= 4 is 52.0 Å². The molecule has 6 aromatic rings. The van der Waals surface area contributed by atoms with Crippen LogP contribution in [-0.4, -0.2) is 97.3 Å². The molecule has 17 nitrogen and oxygen atoms in total. The van der Waals surface area contributed by atoms with E-state index in [4.69, 9.17) is 15.5 Å². The maximum absolute atomic E-state index is 14.9. The van der Waals surface area contributed by atoms with Gasteiger partial charge in [0.05, 0.1) is 59.9 Å². The summed E-state index contributed by atoms with van der Waals surface area (Å²) in [6.07, 6.45) is 11.8. The van der Waals surface area contributed by atoms with Gasteiger partial charge in [-0.2, -0.15) is 0 Å². The van der Waals surface area contributed by atoms with Crippen molar-refractivity contribution in [1.29, 1.82) is 0 Å². The minimum absolute atomic E-state index is 0.0572. The Morgan fingerprint density at radius 2 is 1.71 bits per heavy atom. The quantitative estimate of drug-likeness (QED) is 0.0692. The number of benzene rings is 2. The van der Waals surface area contributed by atoms with Crippen molar-refractivity contribution in [3.63, 3.8) is 0 Å². The molecule has 0 radical (unpaired) electrons. The summed E-state index contributed by atoms with van der Waals surface area (Å²) in [6.45, 7) is 2.70. The molecule has 7 heterocycles. The number of imidazole rings is 1. The van der Waals surface area contributed by atoms with Gasteiger partial charge >= 0.3 is 0 Å². The van der Waals surface area contributed by atoms with Crippen LogP contribution in [0.25, 0.3) is 22.4 Å². The highest BCUT2D eigenvalue weighted by atomic mass is 19.1. The lowest BCUT2D eigenvalue weighted by molar-refractivity contribution is -0.136. The molecule has 0 spiro atoms. The smallest absolute Gasteiger partial charge is 0.264 e. The van der Waals surface area contributed by atoms with Crippen molar-refractivity contribution in [2.75, 3.05) is 48.8 Å². The van der Waals surface area contributed by atoms with Crippen LogP contribution in [0.4, 0.5) is 26.0 Å². The standard InChI is InChI=1S/C47H48F2N12O5/c1-66-41-31(48)20-28(21-32(41)49)34-22-29(36(23-54-34)59-19-9-15-47(50,25-59)37-12-4-7-17-52-37)24-60-27-57-40-42(55-26-56-43(40)60)53-18-6-3-2-5-16-51-33-11-8-10-30-39(33)46(65)61(45(30)64)35-13-14-38(62)58-44(35)63/h4,7-8,10-12,17,20-23,26-27,35,51H,2-3,5-6,9,13-16,18-19,24-25,50H2,1H3,(H,53,55,56)(H,58,62,63)/t35?,47-/m0/s1. The minimum Gasteiger partial charge on any atom is -0.491 e. The molecule has 340 valence electrons. The Hall–Kier alpha value is -7.41. The lowest BCUT2D eigenvalue weighted by Crippen LogP contribution is -2.54. The van der Waals surface area contributed by atoms with Gasteiger partial charge in [-0.05, 0) is 80.1 Å². The number of rotatable bonds is 16. The highest BCUT2D eigenvalue weighted by Gasteiger charge is 2.45. The normalized spacial score (nSPS) is 18.5. The van der Waals surface area contributed by atoms with Gasteiger partial charge in [-0.25, -0.2) is 23.7 Å². The van der Waals surface area contributed by atoms with Crippen molar-refractivity contribution < 1.29 is 32.7 Å². The Balaban J connectivity index is 0.841. The number of fused-ring (bicyclic) bond motifs is 2. The summed E-state index contributed by atoms with van der Waals surface area (Å²) in [4.78, 5) is 76.9. The molecule has 4 aromatic heterocycles. The fourth-order valence-corrected chi connectivity index (χ4v) is 9.12. The number of anilines is 3. The highest BCUT2D eigenvalue weighted by molar-refractivity contribution is 6.25. The average molecular weight is 899 g/mol. The Labute approximate surface area is 378 Å². The monoisotopic (exact) mass is 898 g/mol. The molecule has 9 rings (SSSR count). The van der Waals surface area contributed by atoms with E-state index >= 15 is 0 Å². The summed E-state index contributed by atoms with van der Waals surface area (Å²) in [5.74, 6) is -3.69. The van der Waals surface area contributed by atoms with E-state index in [2.05, 4.69) is 40.8 Å². The van der Waals surface area contributed by atoms with Gasteiger partial charge in [-0.1, -0.05) is 25.0 Å². The zero-order valence-corrected chi connectivity index (χ0v) is 36.2. The van der Waals surface area contributed by atoms with Gasteiger partial charge < -0.3 is 30.6 Å². The predicted molar refractivity (Wildman–Crippen MR) is 241 cm³/mol. The van der Waals surface area contributed by atoms with Crippen molar-refractivity contribution in [2.45, 2.75) is 69.5 Å². The fourth-order valence-electron chi connectivity index (χ4n) is 9.12. The number of carbonyl (C=O) groups excluding carboxylic acids is 4. The predicted octanol–water partition coefficient (Wildman–Crippen LogP) is 5.56. The van der Waals surface area contributed by atoms with Gasteiger partial charge in [-0.3, -0.25) is 39.4 Å². The van der Waals surface area contributed by atoms with E-state index in [0.717, 1.165) is 60.4 Å². The number of ether oxygens (including phenoxy) is 1. The second-order valence-corrected chi connectivity index (χ2v) is 16.8. The van der Waals surface area contributed by atoms with Crippen molar-refractivity contribution in [3.8, 4) is 17.0 Å². The zero-order chi connectivity index (χ0) is 46.0. The molecule has 0 bridgehead atoms. The highest BCUT2D eigenvalue weighted by Crippen LogP contribution is 2.36. The van der Waals surface area contributed by atoms with Crippen molar-refractivity contribution in [2.24, 2.45) is 5.73 Å². The van der Waals surface area contributed by atoms with E-state index in [1.165, 1.54) is 25.6 Å². The lowest BCUT2D eigenvalue weighted by Gasteiger charge is -2.41. The van der Waals surface area contributed by atoms with Crippen molar-refractivity contribution in [1.82, 2.24) is 39.7 Å². The van der Waals surface area contributed by atoms with Gasteiger partial charge in [0.25, 0.3) is 11.8 Å². The maximum Gasteiger partial charge on any atom is 0.264 e. The van der Waals surface area contributed by atoms with Crippen LogP contribution in [0.5, 0.6) is 5.75 Å². The number of halogens is 2. The number of hydrogen-bond donors (Lipinski definition) is 4. The molecule has 4 amide bonds. The number of unbranched alkanes of at least 4 members (excludes halogenated alkanes) is 3. The van der Waals surface area contributed by atoms with E-state index in [9.17, 15) is 28.0 Å². The summed E-state index contributed by atoms with van der Waals surface area (Å²) < 4.78 is 36.6. The van der Waals surface area contributed by atoms with Crippen LogP contribution in [0.3, 0.4) is 0 Å². The van der Waals surface area contributed by atoms with Crippen LogP contribution in [0.1, 0.15) is 83.3 Å². The number of hydrogen-bond acceptors (Lipinski definition) is 14. The molecule has 3 aliphatic rings. The number of aromatic nitrogens is 6. The number of nitrogens with one attached hydrogen (secondary N) is 3. The molecule has 0 aliphatic carbocycles. The van der Waals surface area contributed by atoms with Crippen LogP contribution >= 0.6 is 0 Å². The molecule has 2 aromatic carbocycles. The second kappa shape index (κ2) is 18.6. The van der Waals surface area contributed by atoms with Gasteiger partial charge in [0.2, 0.25) is 11.8 Å². The van der Waals surface area contributed by atoms with E-state index in [0.29, 0.717) is 61.1 Å². The number of methoxy groups -OCH3 is 1. The van der Waals surface area contributed by atoms with Crippen molar-refractivity contribution in [3.05, 3.63) is 114 Å². The number of imide groups is 2. The molecule has 2 atom stereocenters. The van der Waals surface area contributed by atoms with E-state index in [1.807, 2.05) is 28.8 Å². The number of nitrogens with two attached hydrogens (primary N) is 1. The number of carbonyl (C=O) groups is 4. The number of piperidine rings is 2. The fraction of sp³-hybridized carbons (Fsp3) is 0.340. The molecule has 0 saturated carbocycles. The first-order valence-electron chi connectivity index (χ1n) is 22.0. The third-order valence-corrected chi connectivity index (χ3v) is 12.4. The van der Waals surface area contributed by atoms with E-state index in [-0.39, 0.29) is 29.5 Å². The van der Waals surface area contributed by atoms with Gasteiger partial charge in [0, 0.05) is 50.0 Å². The first kappa shape index (κ1) is 43.8. The molecule has 1 unspecified atom stereocenters. The summed E-state index contributed by atoms with van der Waals surface area (Å²) in [5.41, 5.74) is 11.6. The Bertz CT molecular complexity index is 2820.